The molecule has 2 aliphatic rings. The van der Waals surface area contributed by atoms with Gasteiger partial charge < -0.3 is 15.2 Å². The van der Waals surface area contributed by atoms with Crippen molar-refractivity contribution < 1.29 is 0 Å². The van der Waals surface area contributed by atoms with Gasteiger partial charge in [-0.25, -0.2) is 24.9 Å². The van der Waals surface area contributed by atoms with Crippen molar-refractivity contribution in [1.82, 2.24) is 29.9 Å². The molecule has 0 radical (unpaired) electrons. The molecule has 25 heavy (non-hydrogen) atoms. The highest BCUT2D eigenvalue weighted by Gasteiger charge is 2.27. The third-order valence-corrected chi connectivity index (χ3v) is 4.89. The summed E-state index contributed by atoms with van der Waals surface area (Å²) in [6.45, 7) is 1.87. The lowest BCUT2D eigenvalue weighted by atomic mass is 10.1. The van der Waals surface area contributed by atoms with Gasteiger partial charge in [0.15, 0.2) is 11.5 Å². The van der Waals surface area contributed by atoms with Crippen LogP contribution >= 0.6 is 0 Å². The normalized spacial score (nSPS) is 20.8. The fraction of sp³-hybridized carbons (Fsp3) is 0.471. The van der Waals surface area contributed by atoms with E-state index in [4.69, 9.17) is 0 Å². The molecule has 1 aliphatic carbocycles. The second-order valence-electron chi connectivity index (χ2n) is 6.80. The van der Waals surface area contributed by atoms with Gasteiger partial charge >= 0.3 is 0 Å². The molecular formula is C17H20N8. The molecule has 5 rings (SSSR count). The van der Waals surface area contributed by atoms with Crippen LogP contribution in [0.2, 0.25) is 0 Å². The Bertz CT molecular complexity index is 887. The van der Waals surface area contributed by atoms with Crippen LogP contribution in [0.25, 0.3) is 11.2 Å². The standard InChI is InChI=1S/C17H20N8/c1-2-12(23-13-5-6-18-15(24-13)11-3-4-11)8-25(7-1)17-14-16(20-9-19-14)21-10-22-17/h5-6,9-12H,1-4,7-8H2,(H,18,23,24)(H,19,20,21,22). The van der Waals surface area contributed by atoms with Crippen molar-refractivity contribution in [2.45, 2.75) is 37.6 Å². The number of H-pyrrole nitrogens is 1. The Morgan fingerprint density at radius 3 is 3.00 bits per heavy atom. The average Bonchev–Trinajstić information content (AvgIpc) is 3.39. The van der Waals surface area contributed by atoms with Gasteiger partial charge in [0.1, 0.15) is 23.5 Å². The van der Waals surface area contributed by atoms with Crippen LogP contribution in [0.4, 0.5) is 11.6 Å². The van der Waals surface area contributed by atoms with Crippen LogP contribution < -0.4 is 10.2 Å². The largest absolute Gasteiger partial charge is 0.365 e. The van der Waals surface area contributed by atoms with E-state index in [-0.39, 0.29) is 0 Å². The maximum atomic E-state index is 4.69. The smallest absolute Gasteiger partial charge is 0.182 e. The summed E-state index contributed by atoms with van der Waals surface area (Å²) in [4.78, 5) is 27.4. The van der Waals surface area contributed by atoms with Crippen LogP contribution in [-0.4, -0.2) is 49.0 Å². The van der Waals surface area contributed by atoms with E-state index in [2.05, 4.69) is 40.1 Å². The van der Waals surface area contributed by atoms with E-state index < -0.39 is 0 Å². The zero-order valence-corrected chi connectivity index (χ0v) is 13.9. The molecule has 2 fully saturated rings. The van der Waals surface area contributed by atoms with Crippen molar-refractivity contribution in [3.8, 4) is 0 Å². The lowest BCUT2D eigenvalue weighted by Crippen LogP contribution is -2.42. The fourth-order valence-corrected chi connectivity index (χ4v) is 3.48. The quantitative estimate of drug-likeness (QED) is 0.753. The first-order valence-corrected chi connectivity index (χ1v) is 8.85. The van der Waals surface area contributed by atoms with Crippen molar-refractivity contribution in [2.24, 2.45) is 0 Å². The molecule has 0 bridgehead atoms. The average molecular weight is 336 g/mol. The summed E-state index contributed by atoms with van der Waals surface area (Å²) in [6.07, 6.45) is 9.78. The Labute approximate surface area is 145 Å². The van der Waals surface area contributed by atoms with Crippen LogP contribution in [0.5, 0.6) is 0 Å². The van der Waals surface area contributed by atoms with Crippen LogP contribution in [-0.2, 0) is 0 Å². The minimum absolute atomic E-state index is 0.337. The van der Waals surface area contributed by atoms with E-state index in [1.54, 1.807) is 12.7 Å². The van der Waals surface area contributed by atoms with E-state index in [9.17, 15) is 0 Å². The van der Waals surface area contributed by atoms with Gasteiger partial charge in [-0.15, -0.1) is 0 Å². The molecule has 0 spiro atoms. The first kappa shape index (κ1) is 14.6. The first-order valence-electron chi connectivity index (χ1n) is 8.85. The Kier molecular flexibility index (Phi) is 3.46. The zero-order chi connectivity index (χ0) is 16.6. The Morgan fingerprint density at radius 1 is 1.12 bits per heavy atom. The molecule has 0 amide bonds. The number of rotatable bonds is 4. The van der Waals surface area contributed by atoms with Crippen LogP contribution in [0.1, 0.15) is 37.4 Å². The molecule has 128 valence electrons. The van der Waals surface area contributed by atoms with E-state index in [0.29, 0.717) is 17.6 Å². The second kappa shape index (κ2) is 5.94. The topological polar surface area (TPSA) is 95.5 Å². The Hall–Kier alpha value is -2.77. The van der Waals surface area contributed by atoms with Gasteiger partial charge in [0.05, 0.1) is 6.33 Å². The summed E-state index contributed by atoms with van der Waals surface area (Å²) in [5.74, 6) is 3.40. The Balaban J connectivity index is 1.34. The third-order valence-electron chi connectivity index (χ3n) is 4.89. The van der Waals surface area contributed by atoms with Crippen molar-refractivity contribution in [3.63, 3.8) is 0 Å². The molecule has 8 heteroatoms. The fourth-order valence-electron chi connectivity index (χ4n) is 3.48. The summed E-state index contributed by atoms with van der Waals surface area (Å²) >= 11 is 0. The number of hydrogen-bond donors (Lipinski definition) is 2. The van der Waals surface area contributed by atoms with Crippen LogP contribution in [0, 0.1) is 0 Å². The van der Waals surface area contributed by atoms with Crippen LogP contribution in [0.15, 0.2) is 24.9 Å². The molecule has 3 aromatic heterocycles. The maximum absolute atomic E-state index is 4.69. The highest BCUT2D eigenvalue weighted by molar-refractivity contribution is 5.82. The summed E-state index contributed by atoms with van der Waals surface area (Å²) in [6, 6.07) is 2.30. The number of hydrogen-bond acceptors (Lipinski definition) is 7. The van der Waals surface area contributed by atoms with Crippen molar-refractivity contribution in [2.75, 3.05) is 23.3 Å². The number of piperidine rings is 1. The lowest BCUT2D eigenvalue weighted by molar-refractivity contribution is 0.526. The molecule has 1 aliphatic heterocycles. The van der Waals surface area contributed by atoms with Gasteiger partial charge in [-0.05, 0) is 31.7 Å². The van der Waals surface area contributed by atoms with Gasteiger partial charge in [0.25, 0.3) is 0 Å². The van der Waals surface area contributed by atoms with E-state index in [1.807, 2.05) is 12.3 Å². The number of aromatic amines is 1. The highest BCUT2D eigenvalue weighted by Crippen LogP contribution is 2.38. The maximum Gasteiger partial charge on any atom is 0.182 e. The lowest BCUT2D eigenvalue weighted by Gasteiger charge is -2.34. The SMILES string of the molecule is c1cc(NC2CCCN(c3ncnc4nc[nH]c34)C2)nc(C2CC2)n1. The summed E-state index contributed by atoms with van der Waals surface area (Å²) in [7, 11) is 0. The zero-order valence-electron chi connectivity index (χ0n) is 13.9. The van der Waals surface area contributed by atoms with E-state index in [1.165, 1.54) is 12.8 Å². The molecule has 1 saturated carbocycles. The summed E-state index contributed by atoms with van der Waals surface area (Å²) < 4.78 is 0. The van der Waals surface area contributed by atoms with Crippen molar-refractivity contribution in [1.29, 1.82) is 0 Å². The number of imidazole rings is 1. The summed E-state index contributed by atoms with van der Waals surface area (Å²) in [5.41, 5.74) is 1.62. The predicted octanol–water partition coefficient (Wildman–Crippen LogP) is 2.10. The van der Waals surface area contributed by atoms with Gasteiger partial charge in [-0.3, -0.25) is 0 Å². The second-order valence-corrected chi connectivity index (χ2v) is 6.80. The van der Waals surface area contributed by atoms with Gasteiger partial charge in [-0.1, -0.05) is 0 Å². The minimum atomic E-state index is 0.337. The summed E-state index contributed by atoms with van der Waals surface area (Å²) in [5, 5.41) is 3.58. The van der Waals surface area contributed by atoms with Gasteiger partial charge in [-0.2, -0.15) is 0 Å². The number of anilines is 2. The predicted molar refractivity (Wildman–Crippen MR) is 94.5 cm³/mol. The van der Waals surface area contributed by atoms with Crippen LogP contribution in [0.3, 0.4) is 0 Å². The molecule has 4 heterocycles. The number of fused-ring (bicyclic) bond motifs is 1. The van der Waals surface area contributed by atoms with Crippen molar-refractivity contribution >= 4 is 22.8 Å². The van der Waals surface area contributed by atoms with E-state index in [0.717, 1.165) is 48.9 Å². The number of nitrogens with zero attached hydrogens (tertiary/aromatic N) is 6. The first-order chi connectivity index (χ1) is 12.4. The van der Waals surface area contributed by atoms with Crippen molar-refractivity contribution in [3.05, 3.63) is 30.7 Å². The minimum Gasteiger partial charge on any atom is -0.365 e. The molecule has 2 N–H and O–H groups in total. The van der Waals surface area contributed by atoms with Gasteiger partial charge in [0, 0.05) is 31.2 Å². The number of nitrogens with one attached hydrogen (secondary N) is 2. The molecule has 1 saturated heterocycles. The number of aromatic nitrogens is 6. The van der Waals surface area contributed by atoms with Gasteiger partial charge in [0.2, 0.25) is 0 Å². The molecular weight excluding hydrogens is 316 g/mol. The molecule has 1 atom stereocenters. The van der Waals surface area contributed by atoms with E-state index >= 15 is 0 Å². The third kappa shape index (κ3) is 2.88. The molecule has 3 aromatic rings. The monoisotopic (exact) mass is 336 g/mol. The molecule has 8 nitrogen and oxygen atoms in total. The molecule has 0 aromatic carbocycles. The molecule has 1 unspecified atom stereocenters. The Morgan fingerprint density at radius 2 is 2.08 bits per heavy atom. The highest BCUT2D eigenvalue weighted by atomic mass is 15.2.